The fraction of sp³-hybridized carbons (Fsp3) is 0.263. The average Bonchev–Trinajstić information content (AvgIpc) is 3.00. The van der Waals surface area contributed by atoms with Crippen molar-refractivity contribution in [3.05, 3.63) is 59.9 Å². The number of halogens is 1. The Hall–Kier alpha value is -3.09. The molecule has 2 amide bonds. The summed E-state index contributed by atoms with van der Waals surface area (Å²) in [7, 11) is 0. The van der Waals surface area contributed by atoms with Crippen molar-refractivity contribution in [2.45, 2.75) is 19.5 Å². The lowest BCUT2D eigenvalue weighted by atomic mass is 10.1. The van der Waals surface area contributed by atoms with Gasteiger partial charge in [-0.05, 0) is 42.8 Å². The van der Waals surface area contributed by atoms with Crippen LogP contribution in [0.3, 0.4) is 0 Å². The standard InChI is InChI=1S/C19H20FN3O3/c1-13(18(24)22-17-7-3-5-15(20)11-17)21-16-6-2-4-14(10-16)12-23-8-9-26-19(23)25/h2-7,10-11,13,21H,8-9,12H2,1H3,(H,22,24)/t13-/m0/s1. The minimum atomic E-state index is -0.523. The lowest BCUT2D eigenvalue weighted by molar-refractivity contribution is -0.116. The molecule has 136 valence electrons. The fourth-order valence-corrected chi connectivity index (χ4v) is 2.68. The van der Waals surface area contributed by atoms with E-state index < -0.39 is 11.9 Å². The molecule has 0 spiro atoms. The number of rotatable bonds is 6. The summed E-state index contributed by atoms with van der Waals surface area (Å²) in [6.45, 7) is 3.16. The zero-order chi connectivity index (χ0) is 18.5. The van der Waals surface area contributed by atoms with Gasteiger partial charge >= 0.3 is 6.09 Å². The van der Waals surface area contributed by atoms with Crippen LogP contribution in [0.5, 0.6) is 0 Å². The van der Waals surface area contributed by atoms with E-state index >= 15 is 0 Å². The highest BCUT2D eigenvalue weighted by Crippen LogP contribution is 2.16. The molecular weight excluding hydrogens is 337 g/mol. The van der Waals surface area contributed by atoms with Crippen molar-refractivity contribution in [2.75, 3.05) is 23.8 Å². The van der Waals surface area contributed by atoms with Crippen molar-refractivity contribution >= 4 is 23.4 Å². The Kier molecular flexibility index (Phi) is 5.36. The number of amides is 2. The number of carbonyl (C=O) groups excluding carboxylic acids is 2. The van der Waals surface area contributed by atoms with Gasteiger partial charge in [0.2, 0.25) is 5.91 Å². The maximum absolute atomic E-state index is 13.2. The summed E-state index contributed by atoms with van der Waals surface area (Å²) in [5, 5.41) is 5.78. The van der Waals surface area contributed by atoms with Gasteiger partial charge in [-0.1, -0.05) is 18.2 Å². The number of nitrogens with one attached hydrogen (secondary N) is 2. The van der Waals surface area contributed by atoms with Crippen LogP contribution in [0.2, 0.25) is 0 Å². The van der Waals surface area contributed by atoms with Gasteiger partial charge in [0.1, 0.15) is 18.5 Å². The van der Waals surface area contributed by atoms with Gasteiger partial charge in [0.15, 0.2) is 0 Å². The van der Waals surface area contributed by atoms with Crippen molar-refractivity contribution in [3.8, 4) is 0 Å². The fourth-order valence-electron chi connectivity index (χ4n) is 2.68. The van der Waals surface area contributed by atoms with Gasteiger partial charge in [-0.25, -0.2) is 9.18 Å². The first-order chi connectivity index (χ1) is 12.5. The van der Waals surface area contributed by atoms with Crippen LogP contribution < -0.4 is 10.6 Å². The Morgan fingerprint density at radius 1 is 1.23 bits per heavy atom. The van der Waals surface area contributed by atoms with E-state index in [1.165, 1.54) is 18.2 Å². The molecular formula is C19H20FN3O3. The Morgan fingerprint density at radius 2 is 2.00 bits per heavy atom. The van der Waals surface area contributed by atoms with E-state index in [4.69, 9.17) is 4.74 Å². The zero-order valence-corrected chi connectivity index (χ0v) is 14.4. The SMILES string of the molecule is C[C@H](Nc1cccc(CN2CCOC2=O)c1)C(=O)Nc1cccc(F)c1. The Labute approximate surface area is 150 Å². The molecule has 1 heterocycles. The number of carbonyl (C=O) groups is 2. The molecule has 3 rings (SSSR count). The number of ether oxygens (including phenoxy) is 1. The molecule has 26 heavy (non-hydrogen) atoms. The highest BCUT2D eigenvalue weighted by atomic mass is 19.1. The van der Waals surface area contributed by atoms with E-state index in [0.717, 1.165) is 11.3 Å². The minimum Gasteiger partial charge on any atom is -0.448 e. The van der Waals surface area contributed by atoms with Gasteiger partial charge in [-0.3, -0.25) is 4.79 Å². The predicted molar refractivity (Wildman–Crippen MR) is 96.3 cm³/mol. The van der Waals surface area contributed by atoms with Crippen molar-refractivity contribution in [1.82, 2.24) is 4.90 Å². The number of cyclic esters (lactones) is 1. The lowest BCUT2D eigenvalue weighted by Crippen LogP contribution is -2.32. The number of anilines is 2. The zero-order valence-electron chi connectivity index (χ0n) is 14.4. The molecule has 6 nitrogen and oxygen atoms in total. The van der Waals surface area contributed by atoms with Crippen LogP contribution in [0.25, 0.3) is 0 Å². The van der Waals surface area contributed by atoms with E-state index in [1.807, 2.05) is 24.3 Å². The van der Waals surface area contributed by atoms with Gasteiger partial charge < -0.3 is 20.3 Å². The third-order valence-corrected chi connectivity index (χ3v) is 4.01. The van der Waals surface area contributed by atoms with Crippen LogP contribution in [0.1, 0.15) is 12.5 Å². The maximum atomic E-state index is 13.2. The predicted octanol–water partition coefficient (Wildman–Crippen LogP) is 3.22. The minimum absolute atomic E-state index is 0.274. The van der Waals surface area contributed by atoms with Crippen LogP contribution in [0, 0.1) is 5.82 Å². The monoisotopic (exact) mass is 357 g/mol. The first-order valence-electron chi connectivity index (χ1n) is 8.35. The summed E-state index contributed by atoms with van der Waals surface area (Å²) in [6.07, 6.45) is -0.314. The number of hydrogen-bond donors (Lipinski definition) is 2. The molecule has 2 N–H and O–H groups in total. The third-order valence-electron chi connectivity index (χ3n) is 4.01. The molecule has 2 aromatic carbocycles. The molecule has 1 fully saturated rings. The lowest BCUT2D eigenvalue weighted by Gasteiger charge is -2.17. The largest absolute Gasteiger partial charge is 0.448 e. The van der Waals surface area contributed by atoms with Crippen LogP contribution in [-0.4, -0.2) is 36.1 Å². The summed E-state index contributed by atoms with van der Waals surface area (Å²) < 4.78 is 18.1. The van der Waals surface area contributed by atoms with Crippen LogP contribution in [0.4, 0.5) is 20.6 Å². The Bertz CT molecular complexity index is 812. The average molecular weight is 357 g/mol. The van der Waals surface area contributed by atoms with Crippen molar-refractivity contribution in [3.63, 3.8) is 0 Å². The van der Waals surface area contributed by atoms with Gasteiger partial charge in [0.25, 0.3) is 0 Å². The molecule has 0 radical (unpaired) electrons. The molecule has 0 saturated carbocycles. The van der Waals surface area contributed by atoms with Gasteiger partial charge in [0, 0.05) is 17.9 Å². The van der Waals surface area contributed by atoms with Crippen molar-refractivity contribution < 1.29 is 18.7 Å². The topological polar surface area (TPSA) is 70.7 Å². The second-order valence-electron chi connectivity index (χ2n) is 6.10. The molecule has 0 aromatic heterocycles. The third kappa shape index (κ3) is 4.50. The van der Waals surface area contributed by atoms with Gasteiger partial charge in [-0.15, -0.1) is 0 Å². The molecule has 0 unspecified atom stereocenters. The normalized spacial score (nSPS) is 14.7. The van der Waals surface area contributed by atoms with E-state index in [2.05, 4.69) is 10.6 Å². The van der Waals surface area contributed by atoms with Crippen molar-refractivity contribution in [1.29, 1.82) is 0 Å². The van der Waals surface area contributed by atoms with Crippen LogP contribution in [-0.2, 0) is 16.1 Å². The number of nitrogens with zero attached hydrogens (tertiary/aromatic N) is 1. The van der Waals surface area contributed by atoms with E-state index in [9.17, 15) is 14.0 Å². The first-order valence-corrected chi connectivity index (χ1v) is 8.35. The number of hydrogen-bond acceptors (Lipinski definition) is 4. The maximum Gasteiger partial charge on any atom is 0.410 e. The van der Waals surface area contributed by atoms with Crippen LogP contribution >= 0.6 is 0 Å². The van der Waals surface area contributed by atoms with Gasteiger partial charge in [-0.2, -0.15) is 0 Å². The highest BCUT2D eigenvalue weighted by Gasteiger charge is 2.22. The smallest absolute Gasteiger partial charge is 0.410 e. The number of benzene rings is 2. The van der Waals surface area contributed by atoms with Gasteiger partial charge in [0.05, 0.1) is 6.54 Å². The summed E-state index contributed by atoms with van der Waals surface area (Å²) in [6, 6.07) is 12.7. The quantitative estimate of drug-likeness (QED) is 0.833. The molecule has 7 heteroatoms. The highest BCUT2D eigenvalue weighted by molar-refractivity contribution is 5.96. The molecule has 1 atom stereocenters. The van der Waals surface area contributed by atoms with Crippen molar-refractivity contribution in [2.24, 2.45) is 0 Å². The van der Waals surface area contributed by atoms with E-state index in [-0.39, 0.29) is 12.0 Å². The second kappa shape index (κ2) is 7.86. The summed E-state index contributed by atoms with van der Waals surface area (Å²) in [5.74, 6) is -0.680. The molecule has 2 aromatic rings. The summed E-state index contributed by atoms with van der Waals surface area (Å²) >= 11 is 0. The molecule has 1 aliphatic rings. The Balaban J connectivity index is 1.59. The second-order valence-corrected chi connectivity index (χ2v) is 6.10. The summed E-state index contributed by atoms with van der Waals surface area (Å²) in [5.41, 5.74) is 2.11. The molecule has 1 aliphatic heterocycles. The van der Waals surface area contributed by atoms with E-state index in [0.29, 0.717) is 25.4 Å². The molecule has 0 bridgehead atoms. The molecule has 0 aliphatic carbocycles. The summed E-state index contributed by atoms with van der Waals surface area (Å²) in [4.78, 5) is 25.4. The van der Waals surface area contributed by atoms with Crippen LogP contribution in [0.15, 0.2) is 48.5 Å². The first kappa shape index (κ1) is 17.7. The van der Waals surface area contributed by atoms with E-state index in [1.54, 1.807) is 17.9 Å². The Morgan fingerprint density at radius 3 is 2.73 bits per heavy atom. The molecule has 1 saturated heterocycles.